The highest BCUT2D eigenvalue weighted by Gasteiger charge is 2.19. The Hall–Kier alpha value is -1.26. The van der Waals surface area contributed by atoms with E-state index in [4.69, 9.17) is 22.1 Å². The molecule has 2 heterocycles. The molecule has 0 amide bonds. The molecule has 1 aromatic heterocycles. The molecule has 3 rings (SSSR count). The maximum absolute atomic E-state index is 6.07. The highest BCUT2D eigenvalue weighted by atomic mass is 35.5. The van der Waals surface area contributed by atoms with E-state index in [0.717, 1.165) is 29.0 Å². The number of fused-ring (bicyclic) bond motifs is 1. The van der Waals surface area contributed by atoms with Crippen LogP contribution in [0, 0.1) is 0 Å². The molecule has 0 saturated carbocycles. The van der Waals surface area contributed by atoms with Crippen molar-refractivity contribution in [2.24, 2.45) is 0 Å². The third-order valence-corrected chi connectivity index (χ3v) is 3.44. The summed E-state index contributed by atoms with van der Waals surface area (Å²) in [6.45, 7) is 0.711. The van der Waals surface area contributed by atoms with Crippen LogP contribution >= 0.6 is 22.9 Å². The molecule has 16 heavy (non-hydrogen) atoms. The average molecular weight is 253 g/mol. The van der Waals surface area contributed by atoms with Gasteiger partial charge in [-0.3, -0.25) is 0 Å². The first kappa shape index (κ1) is 9.93. The van der Waals surface area contributed by atoms with E-state index in [1.165, 1.54) is 11.3 Å². The topological polar surface area (TPSA) is 48.1 Å². The maximum Gasteiger partial charge on any atom is 0.180 e. The van der Waals surface area contributed by atoms with Gasteiger partial charge in [-0.15, -0.1) is 11.3 Å². The first-order valence-corrected chi connectivity index (χ1v) is 6.16. The van der Waals surface area contributed by atoms with Crippen molar-refractivity contribution >= 4 is 28.1 Å². The molecule has 0 unspecified atom stereocenters. The van der Waals surface area contributed by atoms with Gasteiger partial charge in [0.25, 0.3) is 0 Å². The Balaban J connectivity index is 2.20. The van der Waals surface area contributed by atoms with Crippen molar-refractivity contribution < 1.29 is 4.74 Å². The van der Waals surface area contributed by atoms with E-state index < -0.39 is 0 Å². The van der Waals surface area contributed by atoms with E-state index in [2.05, 4.69) is 4.98 Å². The van der Waals surface area contributed by atoms with Gasteiger partial charge in [0, 0.05) is 22.4 Å². The lowest BCUT2D eigenvalue weighted by Crippen LogP contribution is -1.89. The van der Waals surface area contributed by atoms with Crippen LogP contribution in [0.15, 0.2) is 17.5 Å². The Morgan fingerprint density at radius 1 is 1.44 bits per heavy atom. The number of nitrogens with zero attached hydrogens (tertiary/aromatic N) is 1. The van der Waals surface area contributed by atoms with Gasteiger partial charge in [-0.2, -0.15) is 0 Å². The quantitative estimate of drug-likeness (QED) is 0.849. The van der Waals surface area contributed by atoms with Gasteiger partial charge in [0.15, 0.2) is 5.13 Å². The van der Waals surface area contributed by atoms with Crippen LogP contribution in [-0.2, 0) is 6.42 Å². The zero-order valence-electron chi connectivity index (χ0n) is 8.37. The second-order valence-electron chi connectivity index (χ2n) is 3.61. The smallest absolute Gasteiger partial charge is 0.180 e. The van der Waals surface area contributed by atoms with Crippen LogP contribution in [-0.4, -0.2) is 11.6 Å². The van der Waals surface area contributed by atoms with Crippen molar-refractivity contribution in [3.8, 4) is 17.0 Å². The number of ether oxygens (including phenoxy) is 1. The van der Waals surface area contributed by atoms with Crippen molar-refractivity contribution in [2.75, 3.05) is 12.3 Å². The van der Waals surface area contributed by atoms with Gasteiger partial charge in [0.05, 0.1) is 12.3 Å². The lowest BCUT2D eigenvalue weighted by atomic mass is 10.1. The molecule has 0 spiro atoms. The molecule has 0 saturated heterocycles. The highest BCUT2D eigenvalue weighted by Crippen LogP contribution is 2.39. The number of nitrogens with two attached hydrogens (primary N) is 1. The van der Waals surface area contributed by atoms with E-state index >= 15 is 0 Å². The molecule has 1 aromatic carbocycles. The predicted molar refractivity (Wildman–Crippen MR) is 66.2 cm³/mol. The SMILES string of the molecule is Nc1nc(-c2cc(Cl)cc3c2OCC3)cs1. The molecule has 0 radical (unpaired) electrons. The molecule has 1 aliphatic heterocycles. The first-order chi connectivity index (χ1) is 7.74. The minimum atomic E-state index is 0.557. The Kier molecular flexibility index (Phi) is 2.26. The summed E-state index contributed by atoms with van der Waals surface area (Å²) in [4.78, 5) is 4.26. The monoisotopic (exact) mass is 252 g/mol. The number of anilines is 1. The lowest BCUT2D eigenvalue weighted by Gasteiger charge is -2.06. The number of hydrogen-bond acceptors (Lipinski definition) is 4. The molecule has 2 aromatic rings. The number of rotatable bonds is 1. The Morgan fingerprint density at radius 3 is 3.06 bits per heavy atom. The molecule has 0 aliphatic carbocycles. The van der Waals surface area contributed by atoms with Crippen molar-refractivity contribution in [2.45, 2.75) is 6.42 Å². The fourth-order valence-electron chi connectivity index (χ4n) is 1.87. The third kappa shape index (κ3) is 1.54. The van der Waals surface area contributed by atoms with Gasteiger partial charge in [0.2, 0.25) is 0 Å². The Bertz CT molecular complexity index is 553. The van der Waals surface area contributed by atoms with E-state index in [1.807, 2.05) is 17.5 Å². The fourth-order valence-corrected chi connectivity index (χ4v) is 2.67. The van der Waals surface area contributed by atoms with Crippen LogP contribution in [0.5, 0.6) is 5.75 Å². The summed E-state index contributed by atoms with van der Waals surface area (Å²) < 4.78 is 5.61. The van der Waals surface area contributed by atoms with Crippen LogP contribution in [0.2, 0.25) is 5.02 Å². The van der Waals surface area contributed by atoms with Gasteiger partial charge < -0.3 is 10.5 Å². The molecule has 2 N–H and O–H groups in total. The summed E-state index contributed by atoms with van der Waals surface area (Å²) in [5.74, 6) is 0.898. The molecular weight excluding hydrogens is 244 g/mol. The summed E-state index contributed by atoms with van der Waals surface area (Å²) in [7, 11) is 0. The average Bonchev–Trinajstić information content (AvgIpc) is 2.84. The zero-order chi connectivity index (χ0) is 11.1. The van der Waals surface area contributed by atoms with Gasteiger partial charge in [0.1, 0.15) is 5.75 Å². The summed E-state index contributed by atoms with van der Waals surface area (Å²) in [6.07, 6.45) is 0.905. The minimum Gasteiger partial charge on any atom is -0.492 e. The molecule has 82 valence electrons. The van der Waals surface area contributed by atoms with Crippen molar-refractivity contribution in [3.05, 3.63) is 28.1 Å². The predicted octanol–water partition coefficient (Wildman–Crippen LogP) is 2.98. The highest BCUT2D eigenvalue weighted by molar-refractivity contribution is 7.13. The fraction of sp³-hybridized carbons (Fsp3) is 0.182. The van der Waals surface area contributed by atoms with Crippen LogP contribution in [0.3, 0.4) is 0 Å². The summed E-state index contributed by atoms with van der Waals surface area (Å²) in [5, 5.41) is 3.19. The maximum atomic E-state index is 6.07. The minimum absolute atomic E-state index is 0.557. The number of aromatic nitrogens is 1. The number of hydrogen-bond donors (Lipinski definition) is 1. The zero-order valence-corrected chi connectivity index (χ0v) is 9.94. The van der Waals surface area contributed by atoms with Crippen LogP contribution in [0.25, 0.3) is 11.3 Å². The van der Waals surface area contributed by atoms with Gasteiger partial charge >= 0.3 is 0 Å². The third-order valence-electron chi connectivity index (χ3n) is 2.55. The van der Waals surface area contributed by atoms with Crippen LogP contribution in [0.1, 0.15) is 5.56 Å². The summed E-state index contributed by atoms with van der Waals surface area (Å²) in [6, 6.07) is 3.82. The van der Waals surface area contributed by atoms with Gasteiger partial charge in [-0.1, -0.05) is 11.6 Å². The van der Waals surface area contributed by atoms with Crippen LogP contribution < -0.4 is 10.5 Å². The summed E-state index contributed by atoms with van der Waals surface area (Å²) >= 11 is 7.49. The van der Waals surface area contributed by atoms with E-state index in [9.17, 15) is 0 Å². The van der Waals surface area contributed by atoms with Crippen molar-refractivity contribution in [1.29, 1.82) is 0 Å². The molecule has 0 atom stereocenters. The number of benzene rings is 1. The lowest BCUT2D eigenvalue weighted by molar-refractivity contribution is 0.358. The molecule has 5 heteroatoms. The molecular formula is C11H9ClN2OS. The van der Waals surface area contributed by atoms with E-state index in [-0.39, 0.29) is 0 Å². The van der Waals surface area contributed by atoms with Crippen molar-refractivity contribution in [3.63, 3.8) is 0 Å². The van der Waals surface area contributed by atoms with Gasteiger partial charge in [-0.25, -0.2) is 4.98 Å². The largest absolute Gasteiger partial charge is 0.492 e. The van der Waals surface area contributed by atoms with Gasteiger partial charge in [-0.05, 0) is 17.7 Å². The number of thiazole rings is 1. The molecule has 3 nitrogen and oxygen atoms in total. The summed E-state index contributed by atoms with van der Waals surface area (Å²) in [5.41, 5.74) is 8.55. The second kappa shape index (κ2) is 3.64. The number of halogens is 1. The molecule has 0 bridgehead atoms. The molecule has 1 aliphatic rings. The normalized spacial score (nSPS) is 13.6. The Morgan fingerprint density at radius 2 is 2.31 bits per heavy atom. The Labute approximate surface area is 102 Å². The van der Waals surface area contributed by atoms with Crippen molar-refractivity contribution in [1.82, 2.24) is 4.98 Å². The second-order valence-corrected chi connectivity index (χ2v) is 4.94. The van der Waals surface area contributed by atoms with E-state index in [1.54, 1.807) is 0 Å². The van der Waals surface area contributed by atoms with E-state index in [0.29, 0.717) is 16.8 Å². The standard InChI is InChI=1S/C11H9ClN2OS/c12-7-3-6-1-2-15-10(6)8(4-7)9-5-16-11(13)14-9/h3-5H,1-2H2,(H2,13,14). The first-order valence-electron chi connectivity index (χ1n) is 4.90. The van der Waals surface area contributed by atoms with Crippen LogP contribution in [0.4, 0.5) is 5.13 Å². The molecule has 0 fully saturated rings. The number of nitrogen functional groups attached to an aromatic ring is 1.